The van der Waals surface area contributed by atoms with Gasteiger partial charge in [-0.25, -0.2) is 4.68 Å². The number of likely N-dealkylation sites (tertiary alicyclic amines) is 2. The summed E-state index contributed by atoms with van der Waals surface area (Å²) in [6.45, 7) is 3.35. The number of fused-ring (bicyclic) bond motifs is 1. The van der Waals surface area contributed by atoms with Crippen LogP contribution in [-0.2, 0) is 4.79 Å². The average Bonchev–Trinajstić information content (AvgIpc) is 3.28. The third-order valence-corrected chi connectivity index (χ3v) is 5.17. The lowest BCUT2D eigenvalue weighted by atomic mass is 9.89. The van der Waals surface area contributed by atoms with Crippen LogP contribution in [0.1, 0.15) is 16.9 Å². The minimum absolute atomic E-state index is 0.101. The van der Waals surface area contributed by atoms with E-state index in [1.807, 2.05) is 17.0 Å². The van der Waals surface area contributed by atoms with Crippen LogP contribution in [-0.4, -0.2) is 74.3 Å². The predicted octanol–water partition coefficient (Wildman–Crippen LogP) is -0.458. The number of rotatable bonds is 4. The smallest absolute Gasteiger partial charge is 0.276 e. The molecule has 0 bridgehead atoms. The molecular weight excluding hydrogens is 334 g/mol. The first-order valence-electron chi connectivity index (χ1n) is 8.73. The molecule has 0 aromatic carbocycles. The molecule has 2 aromatic rings. The first-order valence-corrected chi connectivity index (χ1v) is 8.73. The number of nitrogens with zero attached hydrogens (tertiary/aromatic N) is 6. The molecule has 0 saturated carbocycles. The maximum absolute atomic E-state index is 12.8. The van der Waals surface area contributed by atoms with Gasteiger partial charge in [0.05, 0.1) is 24.6 Å². The molecule has 0 unspecified atom stereocenters. The fourth-order valence-corrected chi connectivity index (χ4v) is 3.91. The van der Waals surface area contributed by atoms with Gasteiger partial charge in [-0.2, -0.15) is 0 Å². The summed E-state index contributed by atoms with van der Waals surface area (Å²) in [6, 6.07) is 3.66. The molecule has 9 nitrogen and oxygen atoms in total. The fourth-order valence-electron chi connectivity index (χ4n) is 3.91. The van der Waals surface area contributed by atoms with Crippen molar-refractivity contribution in [1.29, 1.82) is 0 Å². The minimum Gasteiger partial charge on any atom is -0.369 e. The van der Waals surface area contributed by atoms with Crippen LogP contribution in [0.3, 0.4) is 0 Å². The van der Waals surface area contributed by atoms with Gasteiger partial charge < -0.3 is 10.6 Å². The third kappa shape index (κ3) is 3.30. The summed E-state index contributed by atoms with van der Waals surface area (Å²) in [5.41, 5.74) is 6.39. The molecule has 9 heteroatoms. The Morgan fingerprint density at radius 1 is 1.23 bits per heavy atom. The van der Waals surface area contributed by atoms with E-state index in [4.69, 9.17) is 5.73 Å². The number of piperidine rings is 1. The zero-order chi connectivity index (χ0) is 18.1. The molecule has 4 heterocycles. The van der Waals surface area contributed by atoms with E-state index >= 15 is 0 Å². The van der Waals surface area contributed by atoms with Gasteiger partial charge in [0, 0.05) is 25.8 Å². The van der Waals surface area contributed by atoms with Crippen molar-refractivity contribution in [2.45, 2.75) is 6.42 Å². The lowest BCUT2D eigenvalue weighted by Gasteiger charge is -2.33. The van der Waals surface area contributed by atoms with Crippen molar-refractivity contribution in [1.82, 2.24) is 29.8 Å². The van der Waals surface area contributed by atoms with Gasteiger partial charge in [-0.15, -0.1) is 5.10 Å². The van der Waals surface area contributed by atoms with E-state index in [1.54, 1.807) is 23.3 Å². The van der Waals surface area contributed by atoms with E-state index in [1.165, 1.54) is 0 Å². The van der Waals surface area contributed by atoms with Gasteiger partial charge in [-0.3, -0.25) is 19.5 Å². The quantitative estimate of drug-likeness (QED) is 0.795. The third-order valence-electron chi connectivity index (χ3n) is 5.17. The molecule has 2 fully saturated rings. The summed E-state index contributed by atoms with van der Waals surface area (Å²) in [6.07, 6.45) is 5.96. The molecule has 0 spiro atoms. The van der Waals surface area contributed by atoms with Crippen molar-refractivity contribution in [3.05, 3.63) is 36.4 Å². The Balaban J connectivity index is 1.42. The summed E-state index contributed by atoms with van der Waals surface area (Å²) in [5.74, 6) is 0.439. The van der Waals surface area contributed by atoms with Crippen molar-refractivity contribution in [3.63, 3.8) is 0 Å². The number of hydrogen-bond donors (Lipinski definition) is 1. The summed E-state index contributed by atoms with van der Waals surface area (Å²) >= 11 is 0. The predicted molar refractivity (Wildman–Crippen MR) is 92.3 cm³/mol. The zero-order valence-electron chi connectivity index (χ0n) is 14.4. The lowest BCUT2D eigenvalue weighted by Crippen LogP contribution is -2.43. The number of carbonyl (C=O) groups is 2. The molecule has 2 aromatic heterocycles. The number of hydrogen-bond acceptors (Lipinski definition) is 6. The molecule has 26 heavy (non-hydrogen) atoms. The Morgan fingerprint density at radius 2 is 2.08 bits per heavy atom. The van der Waals surface area contributed by atoms with Crippen molar-refractivity contribution in [3.8, 4) is 5.69 Å². The number of primary amides is 1. The number of nitrogens with two attached hydrogens (primary N) is 1. The van der Waals surface area contributed by atoms with Crippen LogP contribution in [0.2, 0.25) is 0 Å². The second kappa shape index (κ2) is 6.83. The molecule has 0 radical (unpaired) electrons. The summed E-state index contributed by atoms with van der Waals surface area (Å²) in [7, 11) is 0. The topological polar surface area (TPSA) is 110 Å². The lowest BCUT2D eigenvalue weighted by molar-refractivity contribution is -0.119. The van der Waals surface area contributed by atoms with E-state index in [2.05, 4.69) is 20.2 Å². The van der Waals surface area contributed by atoms with E-state index in [-0.39, 0.29) is 18.4 Å². The van der Waals surface area contributed by atoms with Crippen molar-refractivity contribution in [2.75, 3.05) is 32.7 Å². The highest BCUT2D eigenvalue weighted by molar-refractivity contribution is 5.92. The maximum atomic E-state index is 12.8. The van der Waals surface area contributed by atoms with Gasteiger partial charge in [0.25, 0.3) is 5.91 Å². The van der Waals surface area contributed by atoms with Gasteiger partial charge in [-0.1, -0.05) is 5.21 Å². The zero-order valence-corrected chi connectivity index (χ0v) is 14.4. The van der Waals surface area contributed by atoms with Gasteiger partial charge in [-0.05, 0) is 36.9 Å². The Hall–Kier alpha value is -2.81. The van der Waals surface area contributed by atoms with Gasteiger partial charge in [0.15, 0.2) is 5.69 Å². The van der Waals surface area contributed by atoms with E-state index in [0.29, 0.717) is 24.1 Å². The molecule has 4 rings (SSSR count). The molecule has 2 aliphatic rings. The van der Waals surface area contributed by atoms with Crippen LogP contribution in [0.5, 0.6) is 0 Å². The highest BCUT2D eigenvalue weighted by atomic mass is 16.2. The Morgan fingerprint density at radius 3 is 2.85 bits per heavy atom. The highest BCUT2D eigenvalue weighted by Crippen LogP contribution is 2.31. The monoisotopic (exact) mass is 355 g/mol. The Labute approximate surface area is 150 Å². The first kappa shape index (κ1) is 16.6. The van der Waals surface area contributed by atoms with Crippen molar-refractivity contribution >= 4 is 11.8 Å². The van der Waals surface area contributed by atoms with E-state index in [9.17, 15) is 9.59 Å². The molecule has 2 N–H and O–H groups in total. The van der Waals surface area contributed by atoms with E-state index < -0.39 is 0 Å². The van der Waals surface area contributed by atoms with Crippen LogP contribution >= 0.6 is 0 Å². The summed E-state index contributed by atoms with van der Waals surface area (Å²) < 4.78 is 1.55. The van der Waals surface area contributed by atoms with Gasteiger partial charge >= 0.3 is 0 Å². The Bertz CT molecular complexity index is 806. The summed E-state index contributed by atoms with van der Waals surface area (Å²) in [5, 5.41) is 8.07. The number of amides is 2. The van der Waals surface area contributed by atoms with Gasteiger partial charge in [0.2, 0.25) is 5.91 Å². The molecule has 2 amide bonds. The van der Waals surface area contributed by atoms with Crippen molar-refractivity contribution in [2.24, 2.45) is 17.6 Å². The van der Waals surface area contributed by atoms with E-state index in [0.717, 1.165) is 31.7 Å². The molecule has 136 valence electrons. The van der Waals surface area contributed by atoms with Crippen LogP contribution in [0.15, 0.2) is 30.7 Å². The molecule has 0 aliphatic carbocycles. The number of carbonyl (C=O) groups excluding carboxylic acids is 2. The second-order valence-corrected chi connectivity index (χ2v) is 6.98. The first-order chi connectivity index (χ1) is 12.6. The SMILES string of the molecule is NC(=O)CN1CC[C@@H]2CN(C(=O)c3cn(-c4cccnc4)nn3)C[C@@H]2C1. The standard InChI is InChI=1S/C17H21N7O2/c18-16(25)11-22-5-3-12-8-23(9-13(12)7-22)17(26)15-10-24(21-20-15)14-2-1-4-19-6-14/h1-2,4,6,10,12-13H,3,5,7-9,11H2,(H2,18,25)/t12-,13+/m1/s1. The molecular formula is C17H21N7O2. The van der Waals surface area contributed by atoms with Crippen LogP contribution in [0, 0.1) is 11.8 Å². The second-order valence-electron chi connectivity index (χ2n) is 6.98. The van der Waals surface area contributed by atoms with Crippen LogP contribution < -0.4 is 5.73 Å². The Kier molecular flexibility index (Phi) is 4.37. The van der Waals surface area contributed by atoms with Crippen molar-refractivity contribution < 1.29 is 9.59 Å². The number of aromatic nitrogens is 4. The van der Waals surface area contributed by atoms with Crippen LogP contribution in [0.25, 0.3) is 5.69 Å². The minimum atomic E-state index is -0.304. The average molecular weight is 355 g/mol. The molecule has 2 aliphatic heterocycles. The highest BCUT2D eigenvalue weighted by Gasteiger charge is 2.39. The van der Waals surface area contributed by atoms with Gasteiger partial charge in [0.1, 0.15) is 0 Å². The largest absolute Gasteiger partial charge is 0.369 e. The fraction of sp³-hybridized carbons (Fsp3) is 0.471. The summed E-state index contributed by atoms with van der Waals surface area (Å²) in [4.78, 5) is 31.9. The molecule has 2 atom stereocenters. The van der Waals surface area contributed by atoms with Crippen LogP contribution in [0.4, 0.5) is 0 Å². The maximum Gasteiger partial charge on any atom is 0.276 e. The number of pyridine rings is 1. The molecule has 2 saturated heterocycles. The normalized spacial score (nSPS) is 23.0.